The van der Waals surface area contributed by atoms with Crippen LogP contribution in [0.2, 0.25) is 9.36 Å². The highest BCUT2D eigenvalue weighted by atomic mass is 35.5. The summed E-state index contributed by atoms with van der Waals surface area (Å²) < 4.78 is 6.19. The molecule has 0 aliphatic heterocycles. The summed E-state index contributed by atoms with van der Waals surface area (Å²) in [5.41, 5.74) is 1.38. The van der Waals surface area contributed by atoms with Crippen molar-refractivity contribution in [2.24, 2.45) is 0 Å². The number of anilines is 2. The van der Waals surface area contributed by atoms with E-state index >= 15 is 0 Å². The zero-order chi connectivity index (χ0) is 18.4. The van der Waals surface area contributed by atoms with Crippen LogP contribution < -0.4 is 15.4 Å². The van der Waals surface area contributed by atoms with E-state index in [9.17, 15) is 4.79 Å². The molecule has 3 rings (SSSR count). The number of para-hydroxylation sites is 1. The van der Waals surface area contributed by atoms with Gasteiger partial charge in [0.05, 0.1) is 15.0 Å². The van der Waals surface area contributed by atoms with Crippen LogP contribution >= 0.6 is 34.5 Å². The minimum absolute atomic E-state index is 0.0916. The van der Waals surface area contributed by atoms with Crippen LogP contribution in [0, 0.1) is 0 Å². The lowest BCUT2D eigenvalue weighted by Gasteiger charge is -2.11. The third-order valence-corrected chi connectivity index (χ3v) is 5.01. The molecule has 0 atom stereocenters. The summed E-state index contributed by atoms with van der Waals surface area (Å²) in [6, 6.07) is 18.4. The predicted molar refractivity (Wildman–Crippen MR) is 109 cm³/mol. The molecule has 7 heteroatoms. The van der Waals surface area contributed by atoms with Crippen molar-refractivity contribution in [2.75, 3.05) is 17.2 Å². The van der Waals surface area contributed by atoms with E-state index in [-0.39, 0.29) is 12.5 Å². The Hall–Kier alpha value is -2.21. The zero-order valence-corrected chi connectivity index (χ0v) is 16.0. The summed E-state index contributed by atoms with van der Waals surface area (Å²) in [6.45, 7) is 0.551. The van der Waals surface area contributed by atoms with Crippen molar-refractivity contribution in [3.8, 4) is 5.75 Å². The fourth-order valence-electron chi connectivity index (χ4n) is 2.22. The number of thiophene rings is 1. The largest absolute Gasteiger partial charge is 0.484 e. The molecular weight excluding hydrogens is 391 g/mol. The summed E-state index contributed by atoms with van der Waals surface area (Å²) in [7, 11) is 0. The number of carbonyl (C=O) groups excluding carboxylic acids is 1. The van der Waals surface area contributed by atoms with E-state index in [4.69, 9.17) is 27.9 Å². The Bertz CT molecular complexity index is 884. The zero-order valence-electron chi connectivity index (χ0n) is 13.7. The van der Waals surface area contributed by atoms with Crippen LogP contribution in [0.15, 0.2) is 60.7 Å². The highest BCUT2D eigenvalue weighted by molar-refractivity contribution is 7.16. The second-order valence-corrected chi connectivity index (χ2v) is 7.61. The van der Waals surface area contributed by atoms with Crippen molar-refractivity contribution >= 4 is 51.8 Å². The lowest BCUT2D eigenvalue weighted by Crippen LogP contribution is -2.20. The Morgan fingerprint density at radius 1 is 1.04 bits per heavy atom. The molecular formula is C19H16Cl2N2O2S. The van der Waals surface area contributed by atoms with Crippen LogP contribution in [-0.2, 0) is 11.3 Å². The van der Waals surface area contributed by atoms with Crippen LogP contribution in [0.5, 0.6) is 5.75 Å². The van der Waals surface area contributed by atoms with Crippen LogP contribution in [0.25, 0.3) is 0 Å². The monoisotopic (exact) mass is 406 g/mol. The first-order valence-corrected chi connectivity index (χ1v) is 9.43. The molecule has 0 radical (unpaired) electrons. The van der Waals surface area contributed by atoms with E-state index in [1.165, 1.54) is 11.3 Å². The van der Waals surface area contributed by atoms with Gasteiger partial charge in [0.2, 0.25) is 0 Å². The van der Waals surface area contributed by atoms with Crippen molar-refractivity contribution in [1.82, 2.24) is 0 Å². The SMILES string of the molecule is O=C(COc1ccccc1)Nc1cc(NCc2ccc(Cl)s2)ccc1Cl. The maximum Gasteiger partial charge on any atom is 0.262 e. The van der Waals surface area contributed by atoms with Crippen molar-refractivity contribution in [3.63, 3.8) is 0 Å². The van der Waals surface area contributed by atoms with Crippen molar-refractivity contribution in [3.05, 3.63) is 74.9 Å². The van der Waals surface area contributed by atoms with E-state index in [2.05, 4.69) is 10.6 Å². The molecule has 0 fully saturated rings. The van der Waals surface area contributed by atoms with Gasteiger partial charge in [-0.2, -0.15) is 0 Å². The summed E-state index contributed by atoms with van der Waals surface area (Å²) >= 11 is 13.6. The van der Waals surface area contributed by atoms with Gasteiger partial charge in [-0.1, -0.05) is 41.4 Å². The molecule has 0 bridgehead atoms. The fourth-order valence-corrected chi connectivity index (χ4v) is 3.41. The molecule has 3 aromatic rings. The number of benzene rings is 2. The average molecular weight is 407 g/mol. The van der Waals surface area contributed by atoms with Crippen molar-refractivity contribution in [2.45, 2.75) is 6.54 Å². The predicted octanol–water partition coefficient (Wildman–Crippen LogP) is 5.68. The van der Waals surface area contributed by atoms with Gasteiger partial charge in [-0.25, -0.2) is 0 Å². The topological polar surface area (TPSA) is 50.4 Å². The smallest absolute Gasteiger partial charge is 0.262 e. The number of hydrogen-bond donors (Lipinski definition) is 2. The van der Waals surface area contributed by atoms with Crippen LogP contribution in [0.4, 0.5) is 11.4 Å². The molecule has 0 saturated heterocycles. The Labute approximate surface area is 165 Å². The summed E-state index contributed by atoms with van der Waals surface area (Å²) in [5.74, 6) is 0.358. The number of amides is 1. The third kappa shape index (κ3) is 5.39. The quantitative estimate of drug-likeness (QED) is 0.530. The molecule has 0 unspecified atom stereocenters. The molecule has 1 aromatic heterocycles. The van der Waals surface area contributed by atoms with E-state index in [1.807, 2.05) is 36.4 Å². The van der Waals surface area contributed by atoms with E-state index < -0.39 is 0 Å². The molecule has 2 N–H and O–H groups in total. The number of hydrogen-bond acceptors (Lipinski definition) is 4. The van der Waals surface area contributed by atoms with Gasteiger partial charge < -0.3 is 15.4 Å². The fraction of sp³-hybridized carbons (Fsp3) is 0.105. The number of nitrogens with one attached hydrogen (secondary N) is 2. The van der Waals surface area contributed by atoms with E-state index in [1.54, 1.807) is 24.3 Å². The van der Waals surface area contributed by atoms with Crippen molar-refractivity contribution in [1.29, 1.82) is 0 Å². The molecule has 1 amide bonds. The van der Waals surface area contributed by atoms with E-state index in [0.29, 0.717) is 23.0 Å². The molecule has 26 heavy (non-hydrogen) atoms. The van der Waals surface area contributed by atoms with Gasteiger partial charge in [0.25, 0.3) is 5.91 Å². The average Bonchev–Trinajstić information content (AvgIpc) is 3.07. The molecule has 0 aliphatic carbocycles. The summed E-state index contributed by atoms with van der Waals surface area (Å²) in [6.07, 6.45) is 0. The van der Waals surface area contributed by atoms with Crippen LogP contribution in [-0.4, -0.2) is 12.5 Å². The maximum atomic E-state index is 12.1. The summed E-state index contributed by atoms with van der Waals surface area (Å²) in [4.78, 5) is 13.2. The highest BCUT2D eigenvalue weighted by Gasteiger charge is 2.08. The van der Waals surface area contributed by atoms with Gasteiger partial charge in [0.1, 0.15) is 5.75 Å². The number of halogens is 2. The Balaban J connectivity index is 1.57. The lowest BCUT2D eigenvalue weighted by atomic mass is 10.2. The van der Waals surface area contributed by atoms with Gasteiger partial charge in [0.15, 0.2) is 6.61 Å². The van der Waals surface area contributed by atoms with E-state index in [0.717, 1.165) is 14.9 Å². The first-order valence-electron chi connectivity index (χ1n) is 7.85. The lowest BCUT2D eigenvalue weighted by molar-refractivity contribution is -0.118. The van der Waals surface area contributed by atoms with Gasteiger partial charge in [0, 0.05) is 17.1 Å². The Kier molecular flexibility index (Phi) is 6.39. The second kappa shape index (κ2) is 8.94. The normalized spacial score (nSPS) is 10.4. The summed E-state index contributed by atoms with van der Waals surface area (Å²) in [5, 5.41) is 6.51. The third-order valence-electron chi connectivity index (χ3n) is 3.45. The maximum absolute atomic E-state index is 12.1. The van der Waals surface area contributed by atoms with Gasteiger partial charge in [-0.15, -0.1) is 11.3 Å². The molecule has 0 aliphatic rings. The second-order valence-electron chi connectivity index (χ2n) is 5.40. The number of ether oxygens (including phenoxy) is 1. The first-order chi connectivity index (χ1) is 12.6. The molecule has 134 valence electrons. The Morgan fingerprint density at radius 2 is 1.85 bits per heavy atom. The number of rotatable bonds is 7. The molecule has 1 heterocycles. The molecule has 4 nitrogen and oxygen atoms in total. The molecule has 2 aromatic carbocycles. The first kappa shape index (κ1) is 18.6. The molecule has 0 saturated carbocycles. The van der Waals surface area contributed by atoms with Crippen LogP contribution in [0.1, 0.15) is 4.88 Å². The standard InChI is InChI=1S/C19H16Cl2N2O2S/c20-16-8-6-13(22-11-15-7-9-18(21)26-15)10-17(16)23-19(24)12-25-14-4-2-1-3-5-14/h1-10,22H,11-12H2,(H,23,24). The highest BCUT2D eigenvalue weighted by Crippen LogP contribution is 2.27. The van der Waals surface area contributed by atoms with Gasteiger partial charge in [-0.05, 0) is 42.5 Å². The van der Waals surface area contributed by atoms with Gasteiger partial charge >= 0.3 is 0 Å². The minimum Gasteiger partial charge on any atom is -0.484 e. The van der Waals surface area contributed by atoms with Gasteiger partial charge in [-0.3, -0.25) is 4.79 Å². The molecule has 0 spiro atoms. The Morgan fingerprint density at radius 3 is 2.58 bits per heavy atom. The van der Waals surface area contributed by atoms with Crippen LogP contribution in [0.3, 0.4) is 0 Å². The minimum atomic E-state index is -0.280. The number of carbonyl (C=O) groups is 1. The van der Waals surface area contributed by atoms with Crippen molar-refractivity contribution < 1.29 is 9.53 Å².